The number of hydrogen-bond acceptors (Lipinski definition) is 4. The molecule has 0 aliphatic rings. The molecule has 0 bridgehead atoms. The third kappa shape index (κ3) is 3.03. The van der Waals surface area contributed by atoms with Crippen molar-refractivity contribution in [1.82, 2.24) is 4.57 Å². The Hall–Kier alpha value is -2.81. The number of hydrogen-bond donors (Lipinski definition) is 1. The molecular weight excluding hydrogens is 268 g/mol. The molecule has 0 saturated heterocycles. The molecule has 0 unspecified atom stereocenters. The lowest BCUT2D eigenvalue weighted by Gasteiger charge is -2.10. The monoisotopic (exact) mass is 284 g/mol. The van der Waals surface area contributed by atoms with Crippen molar-refractivity contribution < 1.29 is 4.92 Å². The Labute approximate surface area is 122 Å². The summed E-state index contributed by atoms with van der Waals surface area (Å²) in [6.45, 7) is 4.12. The highest BCUT2D eigenvalue weighted by molar-refractivity contribution is 5.59. The number of nitro groups is 1. The van der Waals surface area contributed by atoms with E-state index in [1.807, 2.05) is 26.2 Å². The molecule has 0 aliphatic heterocycles. The van der Waals surface area contributed by atoms with Crippen LogP contribution in [-0.4, -0.2) is 9.49 Å². The molecule has 0 saturated carbocycles. The van der Waals surface area contributed by atoms with Gasteiger partial charge in [0, 0.05) is 37.1 Å². The van der Waals surface area contributed by atoms with Crippen LogP contribution in [0.2, 0.25) is 0 Å². The van der Waals surface area contributed by atoms with Crippen LogP contribution in [0, 0.1) is 35.3 Å². The Kier molecular flexibility index (Phi) is 3.94. The maximum Gasteiger partial charge on any atom is 0.272 e. The number of nitriles is 1. The topological polar surface area (TPSA) is 83.9 Å². The van der Waals surface area contributed by atoms with Crippen molar-refractivity contribution in [2.45, 2.75) is 20.4 Å². The zero-order valence-electron chi connectivity index (χ0n) is 12.2. The lowest BCUT2D eigenvalue weighted by molar-refractivity contribution is -0.385. The molecule has 1 aromatic heterocycles. The van der Waals surface area contributed by atoms with Gasteiger partial charge in [-0.15, -0.1) is 0 Å². The predicted molar refractivity (Wildman–Crippen MR) is 80.0 cm³/mol. The number of rotatable bonds is 4. The minimum atomic E-state index is -0.373. The molecular formula is C15H16N4O2. The predicted octanol–water partition coefficient (Wildman–Crippen LogP) is 3.03. The van der Waals surface area contributed by atoms with Crippen molar-refractivity contribution in [3.63, 3.8) is 0 Å². The maximum atomic E-state index is 10.9. The van der Waals surface area contributed by atoms with Crippen molar-refractivity contribution in [2.24, 2.45) is 7.05 Å². The molecule has 0 fully saturated rings. The van der Waals surface area contributed by atoms with Gasteiger partial charge in [0.15, 0.2) is 0 Å². The summed E-state index contributed by atoms with van der Waals surface area (Å²) in [5.74, 6) is 0. The van der Waals surface area contributed by atoms with Gasteiger partial charge in [-0.2, -0.15) is 5.26 Å². The SMILES string of the molecule is Cc1cc([N+](=O)[O-])c(C)cc1NCc1cc(C#N)n(C)c1. The summed E-state index contributed by atoms with van der Waals surface area (Å²) >= 11 is 0. The molecule has 1 heterocycles. The van der Waals surface area contributed by atoms with Gasteiger partial charge in [-0.25, -0.2) is 0 Å². The highest BCUT2D eigenvalue weighted by Crippen LogP contribution is 2.26. The smallest absolute Gasteiger partial charge is 0.272 e. The lowest BCUT2D eigenvalue weighted by Crippen LogP contribution is -2.02. The van der Waals surface area contributed by atoms with Crippen molar-refractivity contribution in [3.05, 3.63) is 56.9 Å². The van der Waals surface area contributed by atoms with E-state index in [1.54, 1.807) is 23.6 Å². The summed E-state index contributed by atoms with van der Waals surface area (Å²) in [5.41, 5.74) is 4.03. The highest BCUT2D eigenvalue weighted by Gasteiger charge is 2.13. The summed E-state index contributed by atoms with van der Waals surface area (Å²) < 4.78 is 1.77. The highest BCUT2D eigenvalue weighted by atomic mass is 16.6. The Morgan fingerprint density at radius 3 is 2.62 bits per heavy atom. The molecule has 1 N–H and O–H groups in total. The number of nitrogens with one attached hydrogen (secondary N) is 1. The number of nitro benzene ring substituents is 1. The first-order chi connectivity index (χ1) is 9.92. The van der Waals surface area contributed by atoms with Crippen molar-refractivity contribution in [3.8, 4) is 6.07 Å². The summed E-state index contributed by atoms with van der Waals surface area (Å²) in [6.07, 6.45) is 1.89. The molecule has 6 heteroatoms. The largest absolute Gasteiger partial charge is 0.381 e. The molecule has 0 atom stereocenters. The van der Waals surface area contributed by atoms with Crippen LogP contribution in [0.5, 0.6) is 0 Å². The van der Waals surface area contributed by atoms with E-state index >= 15 is 0 Å². The minimum Gasteiger partial charge on any atom is -0.381 e. The van der Waals surface area contributed by atoms with Gasteiger partial charge in [-0.3, -0.25) is 10.1 Å². The quantitative estimate of drug-likeness (QED) is 0.691. The van der Waals surface area contributed by atoms with E-state index in [0.29, 0.717) is 17.8 Å². The molecule has 108 valence electrons. The Morgan fingerprint density at radius 1 is 1.33 bits per heavy atom. The molecule has 0 amide bonds. The number of benzene rings is 1. The molecule has 1 aromatic carbocycles. The van der Waals surface area contributed by atoms with E-state index in [-0.39, 0.29) is 10.6 Å². The molecule has 6 nitrogen and oxygen atoms in total. The third-order valence-corrected chi connectivity index (χ3v) is 3.40. The van der Waals surface area contributed by atoms with Crippen molar-refractivity contribution in [1.29, 1.82) is 5.26 Å². The van der Waals surface area contributed by atoms with E-state index in [0.717, 1.165) is 16.8 Å². The first-order valence-electron chi connectivity index (χ1n) is 6.47. The minimum absolute atomic E-state index is 0.129. The maximum absolute atomic E-state index is 10.9. The van der Waals surface area contributed by atoms with Crippen LogP contribution < -0.4 is 5.32 Å². The van der Waals surface area contributed by atoms with Gasteiger partial charge in [0.2, 0.25) is 0 Å². The average molecular weight is 284 g/mol. The molecule has 2 aromatic rings. The van der Waals surface area contributed by atoms with Crippen molar-refractivity contribution >= 4 is 11.4 Å². The van der Waals surface area contributed by atoms with Crippen LogP contribution in [0.15, 0.2) is 24.4 Å². The first kappa shape index (κ1) is 14.6. The van der Waals surface area contributed by atoms with Crippen LogP contribution in [0.1, 0.15) is 22.4 Å². The number of aromatic nitrogens is 1. The summed E-state index contributed by atoms with van der Waals surface area (Å²) in [6, 6.07) is 7.29. The second kappa shape index (κ2) is 5.67. The fraction of sp³-hybridized carbons (Fsp3) is 0.267. The van der Waals surface area contributed by atoms with E-state index in [2.05, 4.69) is 11.4 Å². The second-order valence-electron chi connectivity index (χ2n) is 5.02. The summed E-state index contributed by atoms with van der Waals surface area (Å²) in [7, 11) is 1.82. The molecule has 2 rings (SSSR count). The fourth-order valence-corrected chi connectivity index (χ4v) is 2.23. The molecule has 0 spiro atoms. The Bertz CT molecular complexity index is 741. The Morgan fingerprint density at radius 2 is 2.05 bits per heavy atom. The van der Waals surface area contributed by atoms with E-state index < -0.39 is 0 Å². The average Bonchev–Trinajstić information content (AvgIpc) is 2.79. The van der Waals surface area contributed by atoms with Crippen LogP contribution in [-0.2, 0) is 13.6 Å². The first-order valence-corrected chi connectivity index (χ1v) is 6.47. The standard InChI is InChI=1S/C15H16N4O2/c1-10-5-15(19(20)21)11(2)4-14(10)17-8-12-6-13(7-16)18(3)9-12/h4-6,9,17H,8H2,1-3H3. The molecule has 0 radical (unpaired) electrons. The molecule has 0 aliphatic carbocycles. The van der Waals surface area contributed by atoms with Gasteiger partial charge in [0.25, 0.3) is 5.69 Å². The van der Waals surface area contributed by atoms with Gasteiger partial charge in [-0.05, 0) is 37.1 Å². The van der Waals surface area contributed by atoms with Gasteiger partial charge in [0.05, 0.1) is 4.92 Å². The zero-order chi connectivity index (χ0) is 15.6. The normalized spacial score (nSPS) is 10.2. The zero-order valence-corrected chi connectivity index (χ0v) is 12.2. The van der Waals surface area contributed by atoms with E-state index in [1.165, 1.54) is 0 Å². The van der Waals surface area contributed by atoms with Gasteiger partial charge >= 0.3 is 0 Å². The van der Waals surface area contributed by atoms with Crippen LogP contribution in [0.3, 0.4) is 0 Å². The van der Waals surface area contributed by atoms with E-state index in [4.69, 9.17) is 5.26 Å². The van der Waals surface area contributed by atoms with Gasteiger partial charge < -0.3 is 9.88 Å². The Balaban J connectivity index is 2.18. The van der Waals surface area contributed by atoms with Gasteiger partial charge in [-0.1, -0.05) is 0 Å². The van der Waals surface area contributed by atoms with Crippen LogP contribution in [0.4, 0.5) is 11.4 Å². The number of aryl methyl sites for hydroxylation is 3. The number of anilines is 1. The van der Waals surface area contributed by atoms with Crippen LogP contribution >= 0.6 is 0 Å². The summed E-state index contributed by atoms with van der Waals surface area (Å²) in [4.78, 5) is 10.5. The lowest BCUT2D eigenvalue weighted by atomic mass is 10.1. The fourth-order valence-electron chi connectivity index (χ4n) is 2.23. The van der Waals surface area contributed by atoms with Crippen LogP contribution in [0.25, 0.3) is 0 Å². The third-order valence-electron chi connectivity index (χ3n) is 3.40. The van der Waals surface area contributed by atoms with E-state index in [9.17, 15) is 10.1 Å². The van der Waals surface area contributed by atoms with Gasteiger partial charge in [0.1, 0.15) is 11.8 Å². The van der Waals surface area contributed by atoms with Crippen molar-refractivity contribution in [2.75, 3.05) is 5.32 Å². The number of nitrogens with zero attached hydrogens (tertiary/aromatic N) is 3. The molecule has 21 heavy (non-hydrogen) atoms. The summed E-state index contributed by atoms with van der Waals surface area (Å²) in [5, 5.41) is 23.1. The second-order valence-corrected chi connectivity index (χ2v) is 5.02.